The molecule has 9 heteroatoms. The summed E-state index contributed by atoms with van der Waals surface area (Å²) in [4.78, 5) is 13.7. The first kappa shape index (κ1) is 35.9. The van der Waals surface area contributed by atoms with Gasteiger partial charge in [0.25, 0.3) is 10.0 Å². The number of carbonyl (C=O) groups excluding carboxylic acids is 1. The highest BCUT2D eigenvalue weighted by molar-refractivity contribution is 7.92. The molecule has 0 spiro atoms. The normalized spacial score (nSPS) is 37.2. The molecule has 1 aromatic carbocycles. The number of hydrogen-bond donors (Lipinski definition) is 3. The van der Waals surface area contributed by atoms with Crippen LogP contribution in [0.4, 0.5) is 4.79 Å². The smallest absolute Gasteiger partial charge is 0.421 e. The van der Waals surface area contributed by atoms with Crippen LogP contribution in [-0.4, -0.2) is 43.5 Å². The number of carbonyl (C=O) groups is 1. The summed E-state index contributed by atoms with van der Waals surface area (Å²) in [6.45, 7) is 15.8. The second-order valence-corrected chi connectivity index (χ2v) is 20.2. The first-order valence-corrected chi connectivity index (χ1v) is 20.6. The number of rotatable bonds is 7. The molecule has 1 heterocycles. The molecule has 0 radical (unpaired) electrons. The monoisotopic (exact) mass is 699 g/mol. The molecule has 3 N–H and O–H groups in total. The van der Waals surface area contributed by atoms with E-state index in [1.165, 1.54) is 11.6 Å². The van der Waals surface area contributed by atoms with Crippen molar-refractivity contribution in [2.75, 3.05) is 6.61 Å². The average Bonchev–Trinajstić information content (AvgIpc) is 3.66. The molecular formula is C39H57NO6S2. The second kappa shape index (κ2) is 13.0. The van der Waals surface area contributed by atoms with Crippen LogP contribution in [0, 0.1) is 52.3 Å². The largest absolute Gasteiger partial charge is 0.449 e. The summed E-state index contributed by atoms with van der Waals surface area (Å²) in [5.41, 5.74) is 2.35. The first-order valence-electron chi connectivity index (χ1n) is 18.3. The van der Waals surface area contributed by atoms with Gasteiger partial charge in [-0.05, 0) is 126 Å². The Hall–Kier alpha value is -1.94. The molecule has 0 aliphatic heterocycles. The van der Waals surface area contributed by atoms with Gasteiger partial charge in [-0.3, -0.25) is 0 Å². The predicted octanol–water partition coefficient (Wildman–Crippen LogP) is 8.39. The van der Waals surface area contributed by atoms with Gasteiger partial charge in [0.05, 0.1) is 18.8 Å². The first-order chi connectivity index (χ1) is 22.5. The number of aliphatic hydroxyl groups excluding tert-OH is 2. The zero-order valence-corrected chi connectivity index (χ0v) is 31.5. The van der Waals surface area contributed by atoms with Gasteiger partial charge < -0.3 is 14.9 Å². The van der Waals surface area contributed by atoms with E-state index in [9.17, 15) is 23.4 Å². The number of amides is 1. The predicted molar refractivity (Wildman–Crippen MR) is 191 cm³/mol. The average molecular weight is 700 g/mol. The van der Waals surface area contributed by atoms with E-state index in [1.807, 2.05) is 12.1 Å². The number of fused-ring (bicyclic) bond motifs is 5. The molecule has 48 heavy (non-hydrogen) atoms. The van der Waals surface area contributed by atoms with E-state index in [-0.39, 0.29) is 57.0 Å². The summed E-state index contributed by atoms with van der Waals surface area (Å²) in [5, 5.41) is 22.5. The van der Waals surface area contributed by atoms with Crippen molar-refractivity contribution in [3.05, 3.63) is 42.0 Å². The summed E-state index contributed by atoms with van der Waals surface area (Å²) in [6.07, 6.45) is 6.34. The van der Waals surface area contributed by atoms with E-state index >= 15 is 0 Å². The molecule has 1 amide bonds. The van der Waals surface area contributed by atoms with Crippen LogP contribution in [0.25, 0.3) is 10.4 Å². The Morgan fingerprint density at radius 1 is 0.979 bits per heavy atom. The molecule has 4 saturated carbocycles. The van der Waals surface area contributed by atoms with E-state index in [1.54, 1.807) is 6.07 Å². The fourth-order valence-electron chi connectivity index (χ4n) is 11.2. The Kier molecular flexibility index (Phi) is 9.71. The van der Waals surface area contributed by atoms with Crippen molar-refractivity contribution in [2.24, 2.45) is 52.3 Å². The van der Waals surface area contributed by atoms with Gasteiger partial charge in [0, 0.05) is 4.88 Å². The molecule has 0 bridgehead atoms. The molecule has 0 saturated heterocycles. The van der Waals surface area contributed by atoms with Gasteiger partial charge in [-0.25, -0.2) is 17.9 Å². The van der Waals surface area contributed by atoms with Crippen molar-refractivity contribution in [2.45, 2.75) is 122 Å². The third kappa shape index (κ3) is 6.28. The SMILES string of the molecule is CC[C@H]1[C@@H](O)[C@@H]2[C@H](CC[C@]3(C)[C@@H]([C@H](C)COC(=O)NS(=O)(=O)c4ccc(-c5ccc(C(C)(C)C)cc5)s4)CC[C@@H]23)[C@@]2(C)CC[C@@H](O)C[C@@H]12. The Balaban J connectivity index is 1.08. The number of thiophene rings is 1. The van der Waals surface area contributed by atoms with Gasteiger partial charge in [0.1, 0.15) is 4.21 Å². The zero-order valence-electron chi connectivity index (χ0n) is 29.9. The highest BCUT2D eigenvalue weighted by atomic mass is 32.2. The van der Waals surface area contributed by atoms with Crippen LogP contribution in [0.5, 0.6) is 0 Å². The van der Waals surface area contributed by atoms with Crippen molar-refractivity contribution < 1.29 is 28.2 Å². The van der Waals surface area contributed by atoms with E-state index in [2.05, 4.69) is 65.3 Å². The Bertz CT molecular complexity index is 1580. The van der Waals surface area contributed by atoms with Crippen molar-refractivity contribution in [1.82, 2.24) is 4.72 Å². The third-order valence-corrected chi connectivity index (χ3v) is 16.7. The maximum absolute atomic E-state index is 13.1. The lowest BCUT2D eigenvalue weighted by Gasteiger charge is -2.64. The zero-order chi connectivity index (χ0) is 34.8. The van der Waals surface area contributed by atoms with Crippen LogP contribution in [0.2, 0.25) is 0 Å². The topological polar surface area (TPSA) is 113 Å². The number of ether oxygens (including phenoxy) is 1. The lowest BCUT2D eigenvalue weighted by molar-refractivity contribution is -0.203. The molecule has 1 aromatic heterocycles. The summed E-state index contributed by atoms with van der Waals surface area (Å²) in [6, 6.07) is 11.4. The summed E-state index contributed by atoms with van der Waals surface area (Å²) < 4.78 is 34.1. The van der Waals surface area contributed by atoms with Gasteiger partial charge >= 0.3 is 6.09 Å². The Labute approximate surface area is 292 Å². The Morgan fingerprint density at radius 3 is 2.31 bits per heavy atom. The highest BCUT2D eigenvalue weighted by Gasteiger charge is 2.65. The Morgan fingerprint density at radius 2 is 1.65 bits per heavy atom. The number of aliphatic hydroxyl groups is 2. The maximum atomic E-state index is 13.1. The van der Waals surface area contributed by atoms with Crippen molar-refractivity contribution in [3.63, 3.8) is 0 Å². The number of hydrogen-bond acceptors (Lipinski definition) is 7. The molecule has 266 valence electrons. The number of nitrogens with one attached hydrogen (secondary N) is 1. The molecule has 11 atom stereocenters. The molecule has 0 unspecified atom stereocenters. The fraction of sp³-hybridized carbons (Fsp3) is 0.718. The molecular weight excluding hydrogens is 643 g/mol. The van der Waals surface area contributed by atoms with Gasteiger partial charge in [-0.15, -0.1) is 11.3 Å². The van der Waals surface area contributed by atoms with Gasteiger partial charge in [0.15, 0.2) is 0 Å². The lowest BCUT2D eigenvalue weighted by Crippen LogP contribution is -2.62. The molecule has 4 aliphatic rings. The van der Waals surface area contributed by atoms with Crippen LogP contribution < -0.4 is 4.72 Å². The lowest BCUT2D eigenvalue weighted by atomic mass is 9.41. The van der Waals surface area contributed by atoms with E-state index in [0.29, 0.717) is 23.7 Å². The minimum atomic E-state index is -4.07. The minimum Gasteiger partial charge on any atom is -0.449 e. The summed E-state index contributed by atoms with van der Waals surface area (Å²) >= 11 is 1.13. The fourth-order valence-corrected chi connectivity index (χ4v) is 13.4. The number of sulfonamides is 1. The van der Waals surface area contributed by atoms with Gasteiger partial charge in [0.2, 0.25) is 0 Å². The van der Waals surface area contributed by atoms with Gasteiger partial charge in [-0.2, -0.15) is 0 Å². The second-order valence-electron chi connectivity index (χ2n) is 17.2. The summed E-state index contributed by atoms with van der Waals surface area (Å²) in [5.74, 6) is 2.09. The van der Waals surface area contributed by atoms with Crippen LogP contribution >= 0.6 is 11.3 Å². The van der Waals surface area contributed by atoms with Crippen molar-refractivity contribution >= 4 is 27.5 Å². The minimum absolute atomic E-state index is 0.0281. The molecule has 4 aliphatic carbocycles. The van der Waals surface area contributed by atoms with Crippen LogP contribution in [0.3, 0.4) is 0 Å². The van der Waals surface area contributed by atoms with Crippen molar-refractivity contribution in [3.8, 4) is 10.4 Å². The molecule has 7 nitrogen and oxygen atoms in total. The number of benzene rings is 1. The standard InChI is InChI=1S/C39H57NO6S2/c1-8-27-31-21-26(41)17-19-39(31,7)30-18-20-38(6)28(13-14-29(38)34(30)35(27)42)23(2)22-46-36(43)40-48(44,45)33-16-15-32(47-33)24-9-11-25(12-10-24)37(3,4)5/h9-12,15-16,23,26-31,34-35,41-42H,8,13-14,17-22H2,1-7H3,(H,40,43)/t23-,26-,27-,28-,29+,30+,31+,34+,35-,38-,39-/m1/s1. The highest BCUT2D eigenvalue weighted by Crippen LogP contribution is 2.69. The van der Waals surface area contributed by atoms with E-state index in [4.69, 9.17) is 4.74 Å². The maximum Gasteiger partial charge on any atom is 0.421 e. The third-order valence-electron chi connectivity index (χ3n) is 13.7. The van der Waals surface area contributed by atoms with Crippen LogP contribution in [0.15, 0.2) is 40.6 Å². The van der Waals surface area contributed by atoms with Crippen molar-refractivity contribution in [1.29, 1.82) is 0 Å². The van der Waals surface area contributed by atoms with Crippen LogP contribution in [-0.2, 0) is 20.2 Å². The van der Waals surface area contributed by atoms with Gasteiger partial charge in [-0.1, -0.05) is 79.2 Å². The molecule has 6 rings (SSSR count). The van der Waals surface area contributed by atoms with E-state index in [0.717, 1.165) is 73.1 Å². The molecule has 2 aromatic rings. The van der Waals surface area contributed by atoms with E-state index < -0.39 is 16.1 Å². The summed E-state index contributed by atoms with van der Waals surface area (Å²) in [7, 11) is -4.07. The van der Waals surface area contributed by atoms with Crippen LogP contribution in [0.1, 0.15) is 105 Å². The molecule has 4 fully saturated rings. The quantitative estimate of drug-likeness (QED) is 0.268.